The van der Waals surface area contributed by atoms with Gasteiger partial charge in [0.1, 0.15) is 36.8 Å². The monoisotopic (exact) mass is 871 g/mol. The lowest BCUT2D eigenvalue weighted by Gasteiger charge is -2.40. The number of unbranched alkanes of at least 4 members (excludes halogenated alkanes) is 18. The third kappa shape index (κ3) is 31.5. The van der Waals surface area contributed by atoms with Gasteiger partial charge in [0.25, 0.3) is 10.1 Å². The fourth-order valence-corrected chi connectivity index (χ4v) is 7.48. The number of carbonyl (C=O) groups excluding carboxylic acids is 2. The molecule has 2 unspecified atom stereocenters. The Balaban J connectivity index is 2.46. The van der Waals surface area contributed by atoms with Crippen LogP contribution in [0.2, 0.25) is 0 Å². The highest BCUT2D eigenvalue weighted by Crippen LogP contribution is 2.24. The molecule has 0 aromatic rings. The maximum Gasteiger partial charge on any atom is 0.306 e. The average Bonchev–Trinajstić information content (AvgIpc) is 3.21. The Morgan fingerprint density at radius 3 is 1.55 bits per heavy atom. The minimum atomic E-state index is -4.61. The standard InChI is InChI=1S/C47H82O12S/c1-3-5-7-9-11-13-15-17-19-20-22-24-26-28-30-32-34-36-43(49)58-40(38-57-47-46(52)45(51)44(50)41(59-47)39-60(53,54)55)37-56-42(48)35-33-31-29-27-25-23-21-18-16-14-12-10-8-6-4-2/h7,9,13,15,19-20,24,26,40-41,44-47,50-52H,3-6,8,10-12,14,16-18,21-23,25,27-39H2,1-2H3,(H,53,54,55)/b9-7+,15-13+,20-19+,26-24+/t40-,41-,44-,45?,46?,47+/m1/s1. The Kier molecular flexibility index (Phi) is 34.5. The minimum Gasteiger partial charge on any atom is -0.462 e. The first-order chi connectivity index (χ1) is 29.0. The Morgan fingerprint density at radius 1 is 0.567 bits per heavy atom. The van der Waals surface area contributed by atoms with E-state index in [-0.39, 0.29) is 19.4 Å². The van der Waals surface area contributed by atoms with E-state index >= 15 is 0 Å². The van der Waals surface area contributed by atoms with Gasteiger partial charge in [-0.2, -0.15) is 8.42 Å². The van der Waals surface area contributed by atoms with Crippen LogP contribution in [0.4, 0.5) is 0 Å². The van der Waals surface area contributed by atoms with E-state index in [0.717, 1.165) is 64.2 Å². The van der Waals surface area contributed by atoms with Crippen molar-refractivity contribution < 1.29 is 56.8 Å². The van der Waals surface area contributed by atoms with Crippen molar-refractivity contribution in [2.45, 2.75) is 218 Å². The van der Waals surface area contributed by atoms with Crippen LogP contribution in [-0.2, 0) is 38.7 Å². The van der Waals surface area contributed by atoms with Gasteiger partial charge in [-0.05, 0) is 51.4 Å². The molecule has 1 fully saturated rings. The molecule has 0 aliphatic carbocycles. The quantitative estimate of drug-likeness (QED) is 0.0200. The summed E-state index contributed by atoms with van der Waals surface area (Å²) in [7, 11) is -4.61. The summed E-state index contributed by atoms with van der Waals surface area (Å²) in [4.78, 5) is 25.4. The lowest BCUT2D eigenvalue weighted by molar-refractivity contribution is -0.297. The van der Waals surface area contributed by atoms with Crippen LogP contribution in [-0.4, -0.2) is 96.0 Å². The molecule has 348 valence electrons. The van der Waals surface area contributed by atoms with Crippen molar-refractivity contribution in [2.75, 3.05) is 19.0 Å². The molecule has 13 heteroatoms. The van der Waals surface area contributed by atoms with Crippen molar-refractivity contribution in [1.82, 2.24) is 0 Å². The zero-order valence-corrected chi connectivity index (χ0v) is 37.9. The van der Waals surface area contributed by atoms with Gasteiger partial charge >= 0.3 is 11.9 Å². The number of allylic oxidation sites excluding steroid dienone is 8. The molecule has 1 saturated heterocycles. The molecule has 60 heavy (non-hydrogen) atoms. The summed E-state index contributed by atoms with van der Waals surface area (Å²) in [6.07, 6.45) is 34.4. The topological polar surface area (TPSA) is 186 Å². The molecule has 1 rings (SSSR count). The summed E-state index contributed by atoms with van der Waals surface area (Å²) < 4.78 is 54.1. The number of hydrogen-bond donors (Lipinski definition) is 4. The second-order valence-electron chi connectivity index (χ2n) is 16.1. The van der Waals surface area contributed by atoms with Crippen LogP contribution >= 0.6 is 0 Å². The third-order valence-corrected chi connectivity index (χ3v) is 11.1. The zero-order chi connectivity index (χ0) is 44.1. The van der Waals surface area contributed by atoms with Gasteiger partial charge in [0.15, 0.2) is 12.4 Å². The van der Waals surface area contributed by atoms with Crippen LogP contribution in [0.5, 0.6) is 0 Å². The molecule has 0 saturated carbocycles. The van der Waals surface area contributed by atoms with Crippen molar-refractivity contribution in [3.63, 3.8) is 0 Å². The summed E-state index contributed by atoms with van der Waals surface area (Å²) in [5, 5.41) is 30.9. The van der Waals surface area contributed by atoms with Crippen molar-refractivity contribution >= 4 is 22.1 Å². The molecule has 6 atom stereocenters. The molecule has 0 amide bonds. The number of aliphatic hydroxyl groups excluding tert-OH is 3. The first kappa shape index (κ1) is 55.6. The predicted molar refractivity (Wildman–Crippen MR) is 238 cm³/mol. The maximum absolute atomic E-state index is 12.8. The van der Waals surface area contributed by atoms with E-state index in [9.17, 15) is 37.9 Å². The molecule has 4 N–H and O–H groups in total. The molecule has 0 bridgehead atoms. The predicted octanol–water partition coefficient (Wildman–Crippen LogP) is 9.56. The van der Waals surface area contributed by atoms with Gasteiger partial charge in [-0.1, -0.05) is 165 Å². The Hall–Kier alpha value is -2.39. The van der Waals surface area contributed by atoms with Crippen LogP contribution in [0.3, 0.4) is 0 Å². The van der Waals surface area contributed by atoms with Crippen molar-refractivity contribution in [2.24, 2.45) is 0 Å². The molecule has 12 nitrogen and oxygen atoms in total. The smallest absolute Gasteiger partial charge is 0.306 e. The van der Waals surface area contributed by atoms with Gasteiger partial charge < -0.3 is 34.3 Å². The SMILES string of the molecule is CCC/C=C/C/C=C/C/C=C/C/C=C/CCCCCC(=O)O[C@H](COC(=O)CCCCCCCCCCCCCCCCC)CO[C@H]1O[C@H](CS(=O)(=O)O)[C@@H](O)C(O)C1O. The lowest BCUT2D eigenvalue weighted by Crippen LogP contribution is -2.60. The first-order valence-corrected chi connectivity index (χ1v) is 24.8. The van der Waals surface area contributed by atoms with Gasteiger partial charge in [0.2, 0.25) is 0 Å². The molecule has 0 aromatic heterocycles. The molecule has 0 aromatic carbocycles. The van der Waals surface area contributed by atoms with Crippen molar-refractivity contribution in [1.29, 1.82) is 0 Å². The van der Waals surface area contributed by atoms with E-state index < -0.39 is 71.2 Å². The second-order valence-corrected chi connectivity index (χ2v) is 17.6. The van der Waals surface area contributed by atoms with E-state index in [0.29, 0.717) is 12.8 Å². The molecule has 1 aliphatic heterocycles. The zero-order valence-electron chi connectivity index (χ0n) is 37.1. The van der Waals surface area contributed by atoms with Gasteiger partial charge in [0, 0.05) is 12.8 Å². The molecule has 1 aliphatic rings. The van der Waals surface area contributed by atoms with Crippen molar-refractivity contribution in [3.05, 3.63) is 48.6 Å². The number of rotatable bonds is 38. The largest absolute Gasteiger partial charge is 0.462 e. The van der Waals surface area contributed by atoms with Crippen LogP contribution in [0.1, 0.15) is 181 Å². The number of ether oxygens (including phenoxy) is 4. The summed E-state index contributed by atoms with van der Waals surface area (Å²) in [6, 6.07) is 0. The highest BCUT2D eigenvalue weighted by Gasteiger charge is 2.46. The molecule has 0 spiro atoms. The molecular weight excluding hydrogens is 789 g/mol. The van der Waals surface area contributed by atoms with Gasteiger partial charge in [-0.15, -0.1) is 0 Å². The number of carbonyl (C=O) groups is 2. The van der Waals surface area contributed by atoms with E-state index in [1.54, 1.807) is 0 Å². The fourth-order valence-electron chi connectivity index (χ4n) is 6.79. The molecule has 0 radical (unpaired) electrons. The Morgan fingerprint density at radius 2 is 1.03 bits per heavy atom. The average molecular weight is 871 g/mol. The van der Waals surface area contributed by atoms with Gasteiger partial charge in [-0.25, -0.2) is 0 Å². The van der Waals surface area contributed by atoms with Crippen LogP contribution in [0.15, 0.2) is 48.6 Å². The van der Waals surface area contributed by atoms with E-state index in [2.05, 4.69) is 62.5 Å². The van der Waals surface area contributed by atoms with E-state index in [1.807, 2.05) is 0 Å². The highest BCUT2D eigenvalue weighted by molar-refractivity contribution is 7.85. The van der Waals surface area contributed by atoms with Crippen LogP contribution in [0, 0.1) is 0 Å². The Labute approximate surface area is 363 Å². The summed E-state index contributed by atoms with van der Waals surface area (Å²) in [5.41, 5.74) is 0. The normalized spacial score (nSPS) is 20.5. The van der Waals surface area contributed by atoms with Gasteiger partial charge in [-0.3, -0.25) is 14.1 Å². The number of hydrogen-bond acceptors (Lipinski definition) is 11. The highest BCUT2D eigenvalue weighted by atomic mass is 32.2. The van der Waals surface area contributed by atoms with Crippen LogP contribution in [0.25, 0.3) is 0 Å². The summed E-state index contributed by atoms with van der Waals surface area (Å²) in [6.45, 7) is 3.67. The van der Waals surface area contributed by atoms with Gasteiger partial charge in [0.05, 0.1) is 6.61 Å². The lowest BCUT2D eigenvalue weighted by atomic mass is 10.00. The fraction of sp³-hybridized carbons (Fsp3) is 0.787. The van der Waals surface area contributed by atoms with Crippen LogP contribution < -0.4 is 0 Å². The Bertz CT molecular complexity index is 1300. The maximum atomic E-state index is 12.8. The number of esters is 2. The van der Waals surface area contributed by atoms with Crippen molar-refractivity contribution in [3.8, 4) is 0 Å². The molecular formula is C47H82O12S. The third-order valence-electron chi connectivity index (χ3n) is 10.4. The minimum absolute atomic E-state index is 0.127. The molecule has 1 heterocycles. The second kappa shape index (κ2) is 37.2. The van der Waals surface area contributed by atoms with E-state index in [1.165, 1.54) is 77.0 Å². The summed E-state index contributed by atoms with van der Waals surface area (Å²) >= 11 is 0. The van der Waals surface area contributed by atoms with E-state index in [4.69, 9.17) is 18.9 Å². The first-order valence-electron chi connectivity index (χ1n) is 23.2. The number of aliphatic hydroxyl groups is 3. The summed E-state index contributed by atoms with van der Waals surface area (Å²) in [5.74, 6) is -2.02.